The van der Waals surface area contributed by atoms with Crippen molar-refractivity contribution in [2.75, 3.05) is 13.2 Å². The van der Waals surface area contributed by atoms with E-state index in [1.165, 1.54) is 12.8 Å². The van der Waals surface area contributed by atoms with E-state index in [-0.39, 0.29) is 0 Å². The largest absolute Gasteiger partial charge is 0.494 e. The van der Waals surface area contributed by atoms with Gasteiger partial charge in [-0.25, -0.2) is 0 Å². The van der Waals surface area contributed by atoms with Gasteiger partial charge in [-0.15, -0.1) is 0 Å². The van der Waals surface area contributed by atoms with Crippen LogP contribution in [0.3, 0.4) is 0 Å². The molecular formula is C16H26O3. The summed E-state index contributed by atoms with van der Waals surface area (Å²) in [5, 5.41) is 9.63. The summed E-state index contributed by atoms with van der Waals surface area (Å²) < 4.78 is 11.3. The van der Waals surface area contributed by atoms with Gasteiger partial charge in [-0.1, -0.05) is 25.8 Å². The second kappa shape index (κ2) is 8.94. The molecule has 0 aliphatic heterocycles. The predicted molar refractivity (Wildman–Crippen MR) is 77.4 cm³/mol. The van der Waals surface area contributed by atoms with E-state index in [1.807, 2.05) is 25.1 Å². The molecule has 0 bridgehead atoms. The highest BCUT2D eigenvalue weighted by molar-refractivity contribution is 5.37. The Morgan fingerprint density at radius 1 is 1.21 bits per heavy atom. The molecule has 1 unspecified atom stereocenters. The van der Waals surface area contributed by atoms with Gasteiger partial charge < -0.3 is 14.6 Å². The molecule has 0 amide bonds. The molecule has 0 saturated carbocycles. The van der Waals surface area contributed by atoms with E-state index < -0.39 is 6.10 Å². The average Bonchev–Trinajstić information content (AvgIpc) is 2.40. The highest BCUT2D eigenvalue weighted by Gasteiger charge is 2.08. The zero-order chi connectivity index (χ0) is 14.1. The van der Waals surface area contributed by atoms with Gasteiger partial charge in [-0.2, -0.15) is 0 Å². The Morgan fingerprint density at radius 2 is 2.00 bits per heavy atom. The Labute approximate surface area is 116 Å². The van der Waals surface area contributed by atoms with Crippen molar-refractivity contribution < 1.29 is 14.6 Å². The van der Waals surface area contributed by atoms with Crippen molar-refractivity contribution >= 4 is 0 Å². The van der Waals surface area contributed by atoms with Gasteiger partial charge in [-0.3, -0.25) is 0 Å². The van der Waals surface area contributed by atoms with Crippen LogP contribution in [0, 0.1) is 0 Å². The number of hydrogen-bond donors (Lipinski definition) is 1. The summed E-state index contributed by atoms with van der Waals surface area (Å²) in [6.45, 7) is 7.87. The van der Waals surface area contributed by atoms with E-state index in [9.17, 15) is 5.11 Å². The summed E-state index contributed by atoms with van der Waals surface area (Å²) in [4.78, 5) is 0. The molecule has 108 valence electrons. The predicted octanol–water partition coefficient (Wildman–Crippen LogP) is 3.85. The molecule has 3 nitrogen and oxygen atoms in total. The maximum absolute atomic E-state index is 9.63. The third-order valence-electron chi connectivity index (χ3n) is 3.02. The molecule has 1 rings (SSSR count). The van der Waals surface area contributed by atoms with E-state index >= 15 is 0 Å². The van der Waals surface area contributed by atoms with Gasteiger partial charge in [0.1, 0.15) is 5.75 Å². The van der Waals surface area contributed by atoms with E-state index in [0.717, 1.165) is 29.9 Å². The number of rotatable bonds is 9. The van der Waals surface area contributed by atoms with Crippen molar-refractivity contribution in [1.29, 1.82) is 0 Å². The van der Waals surface area contributed by atoms with Crippen LogP contribution < -0.4 is 4.74 Å². The quantitative estimate of drug-likeness (QED) is 0.690. The molecule has 1 N–H and O–H groups in total. The monoisotopic (exact) mass is 266 g/mol. The zero-order valence-electron chi connectivity index (χ0n) is 12.3. The van der Waals surface area contributed by atoms with E-state index in [0.29, 0.717) is 13.2 Å². The van der Waals surface area contributed by atoms with Gasteiger partial charge in [0.25, 0.3) is 0 Å². The number of benzene rings is 1. The van der Waals surface area contributed by atoms with Gasteiger partial charge in [-0.05, 0) is 38.0 Å². The number of ether oxygens (including phenoxy) is 2. The third kappa shape index (κ3) is 5.62. The second-order valence-corrected chi connectivity index (χ2v) is 4.74. The molecule has 0 fully saturated rings. The first kappa shape index (κ1) is 16.0. The van der Waals surface area contributed by atoms with Crippen LogP contribution in [0.5, 0.6) is 5.75 Å². The van der Waals surface area contributed by atoms with Crippen LogP contribution >= 0.6 is 0 Å². The molecule has 0 aromatic heterocycles. The van der Waals surface area contributed by atoms with Crippen molar-refractivity contribution in [2.45, 2.75) is 52.7 Å². The molecule has 0 aliphatic carbocycles. The molecule has 0 aliphatic rings. The Kier molecular flexibility index (Phi) is 7.53. The number of aliphatic hydroxyl groups excluding tert-OH is 1. The van der Waals surface area contributed by atoms with Crippen LogP contribution in [0.25, 0.3) is 0 Å². The van der Waals surface area contributed by atoms with Gasteiger partial charge in [0.15, 0.2) is 0 Å². The lowest BCUT2D eigenvalue weighted by atomic mass is 10.1. The summed E-state index contributed by atoms with van der Waals surface area (Å²) in [7, 11) is 0. The fraction of sp³-hybridized carbons (Fsp3) is 0.625. The van der Waals surface area contributed by atoms with Crippen molar-refractivity contribution in [3.63, 3.8) is 0 Å². The van der Waals surface area contributed by atoms with E-state index in [1.54, 1.807) is 6.92 Å². The van der Waals surface area contributed by atoms with Crippen molar-refractivity contribution in [3.05, 3.63) is 29.3 Å². The van der Waals surface area contributed by atoms with Crippen molar-refractivity contribution in [2.24, 2.45) is 0 Å². The summed E-state index contributed by atoms with van der Waals surface area (Å²) in [5.41, 5.74) is 1.91. The molecule has 0 radical (unpaired) electrons. The lowest BCUT2D eigenvalue weighted by Gasteiger charge is -2.14. The first-order chi connectivity index (χ1) is 9.19. The summed E-state index contributed by atoms with van der Waals surface area (Å²) >= 11 is 0. The van der Waals surface area contributed by atoms with Crippen LogP contribution in [-0.2, 0) is 11.3 Å². The number of hydrogen-bond acceptors (Lipinski definition) is 3. The van der Waals surface area contributed by atoms with Gasteiger partial charge >= 0.3 is 0 Å². The number of aliphatic hydroxyl groups is 1. The van der Waals surface area contributed by atoms with Crippen LogP contribution in [0.1, 0.15) is 57.3 Å². The van der Waals surface area contributed by atoms with Gasteiger partial charge in [0, 0.05) is 12.2 Å². The van der Waals surface area contributed by atoms with Crippen LogP contribution in [0.15, 0.2) is 18.2 Å². The SMILES string of the molecule is CCCCCOCc1cc(C(C)O)ccc1OCC. The minimum atomic E-state index is -0.463. The molecule has 19 heavy (non-hydrogen) atoms. The first-order valence-corrected chi connectivity index (χ1v) is 7.20. The molecule has 1 atom stereocenters. The summed E-state index contributed by atoms with van der Waals surface area (Å²) in [6.07, 6.45) is 3.03. The standard InChI is InChI=1S/C16H26O3/c1-4-6-7-10-18-12-15-11-14(13(3)17)8-9-16(15)19-5-2/h8-9,11,13,17H,4-7,10,12H2,1-3H3. The summed E-state index contributed by atoms with van der Waals surface area (Å²) in [5.74, 6) is 0.849. The highest BCUT2D eigenvalue weighted by atomic mass is 16.5. The van der Waals surface area contributed by atoms with Gasteiger partial charge in [0.05, 0.1) is 19.3 Å². The molecule has 0 saturated heterocycles. The summed E-state index contributed by atoms with van der Waals surface area (Å²) in [6, 6.07) is 5.78. The molecule has 1 aromatic rings. The van der Waals surface area contributed by atoms with Crippen molar-refractivity contribution in [1.82, 2.24) is 0 Å². The highest BCUT2D eigenvalue weighted by Crippen LogP contribution is 2.24. The lowest BCUT2D eigenvalue weighted by Crippen LogP contribution is -2.02. The Bertz CT molecular complexity index is 361. The normalized spacial score (nSPS) is 12.4. The fourth-order valence-electron chi connectivity index (χ4n) is 1.90. The van der Waals surface area contributed by atoms with Crippen LogP contribution in [0.4, 0.5) is 0 Å². The average molecular weight is 266 g/mol. The number of unbranched alkanes of at least 4 members (excludes halogenated alkanes) is 2. The molecule has 3 heteroatoms. The van der Waals surface area contributed by atoms with Crippen LogP contribution in [0.2, 0.25) is 0 Å². The third-order valence-corrected chi connectivity index (χ3v) is 3.02. The zero-order valence-corrected chi connectivity index (χ0v) is 12.3. The Balaban J connectivity index is 2.63. The first-order valence-electron chi connectivity index (χ1n) is 7.20. The maximum Gasteiger partial charge on any atom is 0.124 e. The molecular weight excluding hydrogens is 240 g/mol. The lowest BCUT2D eigenvalue weighted by molar-refractivity contribution is 0.114. The molecule has 1 aromatic carbocycles. The second-order valence-electron chi connectivity index (χ2n) is 4.74. The maximum atomic E-state index is 9.63. The van der Waals surface area contributed by atoms with Crippen LogP contribution in [-0.4, -0.2) is 18.3 Å². The minimum Gasteiger partial charge on any atom is -0.494 e. The molecule has 0 heterocycles. The van der Waals surface area contributed by atoms with E-state index in [2.05, 4.69) is 6.92 Å². The van der Waals surface area contributed by atoms with Gasteiger partial charge in [0.2, 0.25) is 0 Å². The smallest absolute Gasteiger partial charge is 0.124 e. The van der Waals surface area contributed by atoms with Crippen molar-refractivity contribution in [3.8, 4) is 5.75 Å². The Hall–Kier alpha value is -1.06. The molecule has 0 spiro atoms. The van der Waals surface area contributed by atoms with E-state index in [4.69, 9.17) is 9.47 Å². The minimum absolute atomic E-state index is 0.463. The fourth-order valence-corrected chi connectivity index (χ4v) is 1.90. The topological polar surface area (TPSA) is 38.7 Å². The Morgan fingerprint density at radius 3 is 2.63 bits per heavy atom.